The molecule has 0 bridgehead atoms. The van der Waals surface area contributed by atoms with Crippen molar-refractivity contribution in [2.24, 2.45) is 5.73 Å². The number of amides is 1. The predicted molar refractivity (Wildman–Crippen MR) is 89.3 cm³/mol. The molecular formula is C16H15BrF3N3O2. The number of carbonyl (C=O) groups is 1. The van der Waals surface area contributed by atoms with Gasteiger partial charge in [0.25, 0.3) is 5.91 Å². The van der Waals surface area contributed by atoms with Crippen LogP contribution in [-0.4, -0.2) is 29.9 Å². The van der Waals surface area contributed by atoms with Gasteiger partial charge in [0, 0.05) is 12.1 Å². The summed E-state index contributed by atoms with van der Waals surface area (Å²) in [5.41, 5.74) is 7.19. The first-order valence-corrected chi connectivity index (χ1v) is 8.34. The Labute approximate surface area is 150 Å². The zero-order valence-corrected chi connectivity index (χ0v) is 14.5. The Hall–Kier alpha value is -2.00. The fraction of sp³-hybridized carbons (Fsp3) is 0.312. The van der Waals surface area contributed by atoms with Gasteiger partial charge in [0.15, 0.2) is 0 Å². The second-order valence-electron chi connectivity index (χ2n) is 5.62. The van der Waals surface area contributed by atoms with E-state index in [9.17, 15) is 18.0 Å². The van der Waals surface area contributed by atoms with Crippen molar-refractivity contribution in [2.75, 3.05) is 13.1 Å². The maximum atomic E-state index is 12.4. The molecule has 1 aliphatic rings. The first-order valence-electron chi connectivity index (χ1n) is 7.55. The lowest BCUT2D eigenvalue weighted by molar-refractivity contribution is -0.274. The maximum Gasteiger partial charge on any atom is 0.573 e. The van der Waals surface area contributed by atoms with E-state index in [0.717, 1.165) is 0 Å². The van der Waals surface area contributed by atoms with Crippen molar-refractivity contribution in [1.29, 1.82) is 0 Å². The van der Waals surface area contributed by atoms with Crippen LogP contribution in [0.4, 0.5) is 13.2 Å². The molecule has 0 saturated carbocycles. The molecule has 2 heterocycles. The minimum atomic E-state index is -4.76. The van der Waals surface area contributed by atoms with Crippen LogP contribution in [0.5, 0.6) is 5.75 Å². The summed E-state index contributed by atoms with van der Waals surface area (Å²) >= 11 is 3.48. The summed E-state index contributed by atoms with van der Waals surface area (Å²) in [6.07, 6.45) is -4.10. The Morgan fingerprint density at radius 3 is 2.80 bits per heavy atom. The van der Waals surface area contributed by atoms with Crippen molar-refractivity contribution >= 4 is 21.8 Å². The molecule has 9 heteroatoms. The van der Waals surface area contributed by atoms with Gasteiger partial charge in [-0.3, -0.25) is 4.79 Å². The molecule has 1 aliphatic heterocycles. The number of carbonyl (C=O) groups excluding carboxylic acids is 1. The Balaban J connectivity index is 2.03. The monoisotopic (exact) mass is 417 g/mol. The molecule has 0 aliphatic carbocycles. The number of fused-ring (bicyclic) bond motifs is 1. The van der Waals surface area contributed by atoms with Crippen LogP contribution in [0.3, 0.4) is 0 Å². The Kier molecular flexibility index (Phi) is 4.79. The number of nitrogens with zero attached hydrogens (tertiary/aromatic N) is 1. The van der Waals surface area contributed by atoms with Gasteiger partial charge >= 0.3 is 6.36 Å². The van der Waals surface area contributed by atoms with Gasteiger partial charge in [-0.25, -0.2) is 0 Å². The third kappa shape index (κ3) is 3.67. The molecular weight excluding hydrogens is 403 g/mol. The van der Waals surface area contributed by atoms with E-state index in [1.54, 1.807) is 12.1 Å². The molecule has 1 aromatic carbocycles. The highest BCUT2D eigenvalue weighted by Gasteiger charge is 2.32. The molecule has 0 fully saturated rings. The number of hydrogen-bond donors (Lipinski definition) is 2. The summed E-state index contributed by atoms with van der Waals surface area (Å²) in [7, 11) is 0. The normalized spacial score (nSPS) is 17.2. The van der Waals surface area contributed by atoms with E-state index in [1.165, 1.54) is 18.2 Å². The summed E-state index contributed by atoms with van der Waals surface area (Å²) in [6, 6.07) is 7.27. The zero-order valence-electron chi connectivity index (χ0n) is 12.9. The zero-order chi connectivity index (χ0) is 18.2. The molecule has 1 amide bonds. The van der Waals surface area contributed by atoms with Crippen LogP contribution in [0.2, 0.25) is 0 Å². The van der Waals surface area contributed by atoms with Gasteiger partial charge in [0.2, 0.25) is 0 Å². The van der Waals surface area contributed by atoms with Crippen LogP contribution in [0.25, 0.3) is 11.1 Å². The number of nitrogens with one attached hydrogen (secondary N) is 1. The van der Waals surface area contributed by atoms with Crippen molar-refractivity contribution in [3.63, 3.8) is 0 Å². The predicted octanol–water partition coefficient (Wildman–Crippen LogP) is 3.45. The van der Waals surface area contributed by atoms with Crippen molar-refractivity contribution in [1.82, 2.24) is 9.88 Å². The van der Waals surface area contributed by atoms with Crippen LogP contribution in [0.1, 0.15) is 23.0 Å². The molecule has 1 aromatic heterocycles. The van der Waals surface area contributed by atoms with Gasteiger partial charge in [0.05, 0.1) is 10.6 Å². The summed E-state index contributed by atoms with van der Waals surface area (Å²) < 4.78 is 43.7. The molecule has 0 radical (unpaired) electrons. The number of ether oxygens (including phenoxy) is 1. The van der Waals surface area contributed by atoms with Crippen molar-refractivity contribution in [3.05, 3.63) is 40.6 Å². The van der Waals surface area contributed by atoms with Crippen molar-refractivity contribution in [2.45, 2.75) is 18.8 Å². The SMILES string of the molecule is NCCC1CNC(=O)c2cc(-c3cccc(OC(F)(F)F)c3)c(Br)n21. The highest BCUT2D eigenvalue weighted by atomic mass is 79.9. The largest absolute Gasteiger partial charge is 0.573 e. The fourth-order valence-corrected chi connectivity index (χ4v) is 3.74. The van der Waals surface area contributed by atoms with E-state index in [0.29, 0.717) is 40.9 Å². The number of aromatic nitrogens is 1. The van der Waals surface area contributed by atoms with Crippen LogP contribution in [-0.2, 0) is 0 Å². The average Bonchev–Trinajstić information content (AvgIpc) is 2.88. The number of hydrogen-bond acceptors (Lipinski definition) is 3. The maximum absolute atomic E-state index is 12.4. The topological polar surface area (TPSA) is 69.3 Å². The molecule has 0 spiro atoms. The first kappa shape index (κ1) is 17.8. The van der Waals surface area contributed by atoms with Gasteiger partial charge in [-0.1, -0.05) is 12.1 Å². The third-order valence-electron chi connectivity index (χ3n) is 3.95. The minimum absolute atomic E-state index is 0.0181. The number of alkyl halides is 3. The molecule has 134 valence electrons. The molecule has 3 rings (SSSR count). The standard InChI is InChI=1S/C16H15BrF3N3O2/c17-14-12(9-2-1-3-11(6-9)25-16(18,19)20)7-13-15(24)22-8-10(4-5-21)23(13)14/h1-3,6-7,10H,4-5,8,21H2,(H,22,24). The molecule has 1 unspecified atom stereocenters. The highest BCUT2D eigenvalue weighted by molar-refractivity contribution is 9.10. The van der Waals surface area contributed by atoms with Gasteiger partial charge in [-0.15, -0.1) is 13.2 Å². The quantitative estimate of drug-likeness (QED) is 0.800. The highest BCUT2D eigenvalue weighted by Crippen LogP contribution is 2.37. The second kappa shape index (κ2) is 6.72. The molecule has 5 nitrogen and oxygen atoms in total. The van der Waals surface area contributed by atoms with Crippen LogP contribution < -0.4 is 15.8 Å². The fourth-order valence-electron chi connectivity index (χ4n) is 2.91. The molecule has 1 atom stereocenters. The van der Waals surface area contributed by atoms with E-state index < -0.39 is 6.36 Å². The number of rotatable bonds is 4. The van der Waals surface area contributed by atoms with E-state index in [4.69, 9.17) is 5.73 Å². The average molecular weight is 418 g/mol. The Morgan fingerprint density at radius 1 is 1.36 bits per heavy atom. The molecule has 2 aromatic rings. The summed E-state index contributed by atoms with van der Waals surface area (Å²) in [4.78, 5) is 12.1. The molecule has 25 heavy (non-hydrogen) atoms. The summed E-state index contributed by atoms with van der Waals surface area (Å²) in [6.45, 7) is 0.905. The minimum Gasteiger partial charge on any atom is -0.406 e. The lowest BCUT2D eigenvalue weighted by atomic mass is 10.1. The number of nitrogens with two attached hydrogens (primary N) is 1. The van der Waals surface area contributed by atoms with Crippen molar-refractivity contribution in [3.8, 4) is 16.9 Å². The van der Waals surface area contributed by atoms with Gasteiger partial charge < -0.3 is 20.4 Å². The lowest BCUT2D eigenvalue weighted by Gasteiger charge is -2.27. The van der Waals surface area contributed by atoms with Crippen LogP contribution in [0.15, 0.2) is 34.9 Å². The number of benzene rings is 1. The van der Waals surface area contributed by atoms with E-state index in [2.05, 4.69) is 26.0 Å². The molecule has 0 saturated heterocycles. The number of halogens is 4. The van der Waals surface area contributed by atoms with Gasteiger partial charge in [-0.2, -0.15) is 0 Å². The van der Waals surface area contributed by atoms with Crippen molar-refractivity contribution < 1.29 is 22.7 Å². The van der Waals surface area contributed by atoms with Gasteiger partial charge in [-0.05, 0) is 52.7 Å². The van der Waals surface area contributed by atoms with E-state index in [-0.39, 0.29) is 17.7 Å². The van der Waals surface area contributed by atoms with Crippen LogP contribution >= 0.6 is 15.9 Å². The van der Waals surface area contributed by atoms with Gasteiger partial charge in [0.1, 0.15) is 11.4 Å². The summed E-state index contributed by atoms with van der Waals surface area (Å²) in [5, 5.41) is 2.80. The first-order chi connectivity index (χ1) is 11.8. The second-order valence-corrected chi connectivity index (χ2v) is 6.37. The smallest absolute Gasteiger partial charge is 0.406 e. The third-order valence-corrected chi connectivity index (χ3v) is 4.76. The Bertz CT molecular complexity index is 804. The Morgan fingerprint density at radius 2 is 2.12 bits per heavy atom. The molecule has 3 N–H and O–H groups in total. The van der Waals surface area contributed by atoms with E-state index in [1.807, 2.05) is 4.57 Å². The van der Waals surface area contributed by atoms with Crippen LogP contribution in [0, 0.1) is 0 Å². The van der Waals surface area contributed by atoms with E-state index >= 15 is 0 Å². The lowest BCUT2D eigenvalue weighted by Crippen LogP contribution is -2.39. The summed E-state index contributed by atoms with van der Waals surface area (Å²) in [5.74, 6) is -0.549.